The fourth-order valence-corrected chi connectivity index (χ4v) is 2.19. The Kier molecular flexibility index (Phi) is 5.00. The van der Waals surface area contributed by atoms with Gasteiger partial charge in [-0.05, 0) is 17.7 Å². The van der Waals surface area contributed by atoms with Gasteiger partial charge in [-0.3, -0.25) is 9.78 Å². The van der Waals surface area contributed by atoms with E-state index in [1.165, 1.54) is 12.4 Å². The molecule has 0 aliphatic carbocycles. The maximum atomic E-state index is 11.8. The van der Waals surface area contributed by atoms with Crippen LogP contribution in [-0.4, -0.2) is 35.6 Å². The third-order valence-corrected chi connectivity index (χ3v) is 3.26. The standard InChI is InChI=1S/C16H18N4O3/c21-16(20-15-10-17-4-5-19-15)11-18-9-12-2-3-13-14(8-12)23-7-1-6-22-13/h2-5,8,10,18H,1,6-7,9,11H2,(H,19,20,21). The molecule has 0 unspecified atom stereocenters. The summed E-state index contributed by atoms with van der Waals surface area (Å²) in [7, 11) is 0. The van der Waals surface area contributed by atoms with E-state index in [9.17, 15) is 4.79 Å². The van der Waals surface area contributed by atoms with Crippen molar-refractivity contribution in [1.82, 2.24) is 15.3 Å². The van der Waals surface area contributed by atoms with Gasteiger partial charge in [-0.15, -0.1) is 0 Å². The van der Waals surface area contributed by atoms with Crippen LogP contribution in [0.3, 0.4) is 0 Å². The first-order valence-corrected chi connectivity index (χ1v) is 7.46. The Hall–Kier alpha value is -2.67. The fraction of sp³-hybridized carbons (Fsp3) is 0.312. The Morgan fingerprint density at radius 2 is 2.04 bits per heavy atom. The van der Waals surface area contributed by atoms with Crippen molar-refractivity contribution in [3.05, 3.63) is 42.4 Å². The summed E-state index contributed by atoms with van der Waals surface area (Å²) in [4.78, 5) is 19.7. The van der Waals surface area contributed by atoms with E-state index in [2.05, 4.69) is 20.6 Å². The lowest BCUT2D eigenvalue weighted by molar-refractivity contribution is -0.115. The summed E-state index contributed by atoms with van der Waals surface area (Å²) in [6.07, 6.45) is 5.46. The molecule has 3 rings (SSSR count). The molecule has 0 bridgehead atoms. The van der Waals surface area contributed by atoms with Gasteiger partial charge in [0.05, 0.1) is 26.0 Å². The third kappa shape index (κ3) is 4.40. The molecule has 7 nitrogen and oxygen atoms in total. The van der Waals surface area contributed by atoms with Crippen molar-refractivity contribution in [2.24, 2.45) is 0 Å². The van der Waals surface area contributed by atoms with E-state index in [0.29, 0.717) is 25.6 Å². The Morgan fingerprint density at radius 3 is 2.87 bits per heavy atom. The predicted octanol–water partition coefficient (Wildman–Crippen LogP) is 1.37. The van der Waals surface area contributed by atoms with Crippen molar-refractivity contribution in [2.45, 2.75) is 13.0 Å². The minimum atomic E-state index is -0.167. The summed E-state index contributed by atoms with van der Waals surface area (Å²) >= 11 is 0. The summed E-state index contributed by atoms with van der Waals surface area (Å²) in [6, 6.07) is 5.80. The van der Waals surface area contributed by atoms with Crippen LogP contribution in [0.5, 0.6) is 11.5 Å². The maximum absolute atomic E-state index is 11.8. The van der Waals surface area contributed by atoms with Gasteiger partial charge in [0.25, 0.3) is 0 Å². The SMILES string of the molecule is O=C(CNCc1ccc2c(c1)OCCCO2)Nc1cnccn1. The monoisotopic (exact) mass is 314 g/mol. The quantitative estimate of drug-likeness (QED) is 0.867. The number of amides is 1. The van der Waals surface area contributed by atoms with Crippen LogP contribution >= 0.6 is 0 Å². The van der Waals surface area contributed by atoms with Crippen LogP contribution in [0, 0.1) is 0 Å². The Morgan fingerprint density at radius 1 is 1.17 bits per heavy atom. The molecule has 2 aromatic rings. The van der Waals surface area contributed by atoms with Gasteiger partial charge in [-0.2, -0.15) is 0 Å². The molecule has 1 aromatic heterocycles. The van der Waals surface area contributed by atoms with Crippen LogP contribution < -0.4 is 20.1 Å². The topological polar surface area (TPSA) is 85.4 Å². The van der Waals surface area contributed by atoms with E-state index in [4.69, 9.17) is 9.47 Å². The molecule has 0 atom stereocenters. The summed E-state index contributed by atoms with van der Waals surface area (Å²) in [5, 5.41) is 5.75. The zero-order valence-corrected chi connectivity index (χ0v) is 12.6. The van der Waals surface area contributed by atoms with E-state index in [1.54, 1.807) is 6.20 Å². The number of carbonyl (C=O) groups is 1. The van der Waals surface area contributed by atoms with Gasteiger partial charge in [0.1, 0.15) is 0 Å². The first-order valence-electron chi connectivity index (χ1n) is 7.46. The highest BCUT2D eigenvalue weighted by molar-refractivity contribution is 5.91. The van der Waals surface area contributed by atoms with E-state index in [1.807, 2.05) is 18.2 Å². The molecule has 2 N–H and O–H groups in total. The van der Waals surface area contributed by atoms with E-state index in [-0.39, 0.29) is 12.5 Å². The van der Waals surface area contributed by atoms with Gasteiger partial charge in [0.15, 0.2) is 17.3 Å². The van der Waals surface area contributed by atoms with Crippen LogP contribution in [0.2, 0.25) is 0 Å². The molecule has 23 heavy (non-hydrogen) atoms. The molecule has 1 aromatic carbocycles. The number of fused-ring (bicyclic) bond motifs is 1. The number of ether oxygens (including phenoxy) is 2. The lowest BCUT2D eigenvalue weighted by Crippen LogP contribution is -2.28. The van der Waals surface area contributed by atoms with Gasteiger partial charge in [-0.25, -0.2) is 4.98 Å². The first kappa shape index (κ1) is 15.2. The van der Waals surface area contributed by atoms with Gasteiger partial charge >= 0.3 is 0 Å². The third-order valence-electron chi connectivity index (χ3n) is 3.26. The van der Waals surface area contributed by atoms with Crippen molar-refractivity contribution in [2.75, 3.05) is 25.1 Å². The molecule has 1 aliphatic heterocycles. The van der Waals surface area contributed by atoms with Crippen LogP contribution in [0.15, 0.2) is 36.8 Å². The number of hydrogen-bond donors (Lipinski definition) is 2. The van der Waals surface area contributed by atoms with Crippen LogP contribution in [0.1, 0.15) is 12.0 Å². The van der Waals surface area contributed by atoms with Crippen molar-refractivity contribution in [3.8, 4) is 11.5 Å². The highest BCUT2D eigenvalue weighted by atomic mass is 16.5. The van der Waals surface area contributed by atoms with Gasteiger partial charge < -0.3 is 20.1 Å². The van der Waals surface area contributed by atoms with Crippen molar-refractivity contribution in [1.29, 1.82) is 0 Å². The highest BCUT2D eigenvalue weighted by Gasteiger charge is 2.10. The predicted molar refractivity (Wildman–Crippen MR) is 84.4 cm³/mol. The molecule has 120 valence electrons. The number of nitrogens with zero attached hydrogens (tertiary/aromatic N) is 2. The van der Waals surface area contributed by atoms with Gasteiger partial charge in [-0.1, -0.05) is 6.07 Å². The average molecular weight is 314 g/mol. The maximum Gasteiger partial charge on any atom is 0.239 e. The summed E-state index contributed by atoms with van der Waals surface area (Å²) in [6.45, 7) is 2.08. The van der Waals surface area contributed by atoms with Crippen molar-refractivity contribution >= 4 is 11.7 Å². The minimum absolute atomic E-state index is 0.167. The molecule has 7 heteroatoms. The van der Waals surface area contributed by atoms with Crippen LogP contribution in [-0.2, 0) is 11.3 Å². The summed E-state index contributed by atoms with van der Waals surface area (Å²) < 4.78 is 11.2. The second kappa shape index (κ2) is 7.55. The number of benzene rings is 1. The summed E-state index contributed by atoms with van der Waals surface area (Å²) in [5.41, 5.74) is 1.03. The Balaban J connectivity index is 1.49. The number of carbonyl (C=O) groups excluding carboxylic acids is 1. The number of hydrogen-bond acceptors (Lipinski definition) is 6. The lowest BCUT2D eigenvalue weighted by Gasteiger charge is -2.10. The molecule has 0 spiro atoms. The molecule has 0 saturated carbocycles. The molecule has 0 fully saturated rings. The molecule has 2 heterocycles. The van der Waals surface area contributed by atoms with E-state index in [0.717, 1.165) is 23.5 Å². The number of aromatic nitrogens is 2. The van der Waals surface area contributed by atoms with Crippen molar-refractivity contribution < 1.29 is 14.3 Å². The summed E-state index contributed by atoms with van der Waals surface area (Å²) in [5.74, 6) is 1.80. The highest BCUT2D eigenvalue weighted by Crippen LogP contribution is 2.30. The van der Waals surface area contributed by atoms with E-state index < -0.39 is 0 Å². The smallest absolute Gasteiger partial charge is 0.239 e. The van der Waals surface area contributed by atoms with Crippen LogP contribution in [0.4, 0.5) is 5.82 Å². The Labute approximate surface area is 134 Å². The van der Waals surface area contributed by atoms with Crippen molar-refractivity contribution in [3.63, 3.8) is 0 Å². The molecule has 0 saturated heterocycles. The number of nitrogens with one attached hydrogen (secondary N) is 2. The zero-order valence-electron chi connectivity index (χ0n) is 12.6. The average Bonchev–Trinajstić information content (AvgIpc) is 2.80. The second-order valence-corrected chi connectivity index (χ2v) is 5.07. The van der Waals surface area contributed by atoms with Gasteiger partial charge in [0.2, 0.25) is 5.91 Å². The normalized spacial score (nSPS) is 13.2. The fourth-order valence-electron chi connectivity index (χ4n) is 2.19. The number of rotatable bonds is 5. The zero-order chi connectivity index (χ0) is 15.9. The molecular weight excluding hydrogens is 296 g/mol. The Bertz CT molecular complexity index is 664. The minimum Gasteiger partial charge on any atom is -0.490 e. The molecule has 1 aliphatic rings. The first-order chi connectivity index (χ1) is 11.3. The molecular formula is C16H18N4O3. The second-order valence-electron chi connectivity index (χ2n) is 5.07. The van der Waals surface area contributed by atoms with Crippen LogP contribution in [0.25, 0.3) is 0 Å². The largest absolute Gasteiger partial charge is 0.490 e. The lowest BCUT2D eigenvalue weighted by atomic mass is 10.2. The van der Waals surface area contributed by atoms with E-state index >= 15 is 0 Å². The van der Waals surface area contributed by atoms with Gasteiger partial charge in [0, 0.05) is 25.4 Å². The number of anilines is 1. The molecule has 0 radical (unpaired) electrons. The molecule has 1 amide bonds.